The summed E-state index contributed by atoms with van der Waals surface area (Å²) in [5, 5.41) is 0. The zero-order valence-electron chi connectivity index (χ0n) is 12.5. The number of hydrogen-bond donors (Lipinski definition) is 0. The van der Waals surface area contributed by atoms with Gasteiger partial charge in [-0.25, -0.2) is 4.79 Å². The molecule has 2 heterocycles. The lowest BCUT2D eigenvalue weighted by Gasteiger charge is -2.31. The molecule has 4 atom stereocenters. The Bertz CT molecular complexity index is 585. The summed E-state index contributed by atoms with van der Waals surface area (Å²) in [6.07, 6.45) is 0.273. The van der Waals surface area contributed by atoms with Gasteiger partial charge < -0.3 is 9.47 Å². The van der Waals surface area contributed by atoms with E-state index < -0.39 is 0 Å². The molecular weight excluding hydrogens is 266 g/mol. The lowest BCUT2D eigenvalue weighted by Crippen LogP contribution is -2.42. The number of likely N-dealkylation sites (N-methyl/N-ethyl adjacent to an activating group) is 1. The van der Waals surface area contributed by atoms with Crippen LogP contribution >= 0.6 is 0 Å². The molecule has 0 spiro atoms. The average Bonchev–Trinajstić information content (AvgIpc) is 3.00. The Labute approximate surface area is 125 Å². The molecule has 1 aromatic rings. The molecule has 1 aromatic carbocycles. The Hall–Kier alpha value is -1.55. The second kappa shape index (κ2) is 4.73. The number of likely N-dealkylation sites (tertiary alicyclic amines) is 1. The predicted molar refractivity (Wildman–Crippen MR) is 78.2 cm³/mol. The maximum absolute atomic E-state index is 11.5. The Morgan fingerprint density at radius 1 is 1.38 bits per heavy atom. The van der Waals surface area contributed by atoms with Crippen molar-refractivity contribution in [1.29, 1.82) is 0 Å². The van der Waals surface area contributed by atoms with E-state index in [1.54, 1.807) is 0 Å². The van der Waals surface area contributed by atoms with Gasteiger partial charge in [-0.1, -0.05) is 13.8 Å². The van der Waals surface area contributed by atoms with E-state index in [4.69, 9.17) is 9.47 Å². The van der Waals surface area contributed by atoms with Crippen LogP contribution in [0.2, 0.25) is 0 Å². The van der Waals surface area contributed by atoms with Crippen LogP contribution in [0.1, 0.15) is 29.8 Å². The van der Waals surface area contributed by atoms with Gasteiger partial charge >= 0.3 is 5.97 Å². The summed E-state index contributed by atoms with van der Waals surface area (Å²) in [4.78, 5) is 14.0. The molecule has 1 aliphatic carbocycles. The van der Waals surface area contributed by atoms with E-state index in [0.717, 1.165) is 36.2 Å². The molecule has 1 saturated heterocycles. The highest BCUT2D eigenvalue weighted by atomic mass is 16.5. The summed E-state index contributed by atoms with van der Waals surface area (Å²) >= 11 is 0. The van der Waals surface area contributed by atoms with E-state index >= 15 is 0 Å². The molecule has 2 fully saturated rings. The molecule has 3 aliphatic rings. The third kappa shape index (κ3) is 2.13. The lowest BCUT2D eigenvalue weighted by molar-refractivity contribution is 0.0534. The van der Waals surface area contributed by atoms with Gasteiger partial charge in [0.05, 0.1) is 5.56 Å². The van der Waals surface area contributed by atoms with Gasteiger partial charge in [0.2, 0.25) is 0 Å². The second-order valence-corrected chi connectivity index (χ2v) is 6.50. The van der Waals surface area contributed by atoms with Crippen molar-refractivity contribution in [2.24, 2.45) is 17.8 Å². The van der Waals surface area contributed by atoms with Crippen molar-refractivity contribution in [3.63, 3.8) is 0 Å². The standard InChI is InChI=1S/C17H21NO3/c1-3-18-7-14-10(2)16(14)15(8-18)21-12-4-5-13-11(6-12)9-20-17(13)19/h4-6,10,14-16H,3,7-9H2,1-2H3/t10-,14+,15-,16?/m0/s1. The van der Waals surface area contributed by atoms with Crippen LogP contribution < -0.4 is 4.74 Å². The highest BCUT2D eigenvalue weighted by Crippen LogP contribution is 2.52. The number of benzene rings is 1. The number of piperidine rings is 1. The van der Waals surface area contributed by atoms with Crippen LogP contribution in [0.15, 0.2) is 18.2 Å². The van der Waals surface area contributed by atoms with Gasteiger partial charge in [0.1, 0.15) is 18.5 Å². The first-order valence-corrected chi connectivity index (χ1v) is 7.86. The van der Waals surface area contributed by atoms with E-state index in [0.29, 0.717) is 18.1 Å². The zero-order chi connectivity index (χ0) is 14.6. The number of nitrogens with zero attached hydrogens (tertiary/aromatic N) is 1. The zero-order valence-corrected chi connectivity index (χ0v) is 12.5. The maximum Gasteiger partial charge on any atom is 0.338 e. The molecule has 2 aliphatic heterocycles. The van der Waals surface area contributed by atoms with Gasteiger partial charge in [0.15, 0.2) is 0 Å². The number of ether oxygens (including phenoxy) is 2. The first-order chi connectivity index (χ1) is 10.2. The fourth-order valence-electron chi connectivity index (χ4n) is 3.96. The third-order valence-corrected chi connectivity index (χ3v) is 5.36. The lowest BCUT2D eigenvalue weighted by atomic mass is 10.1. The van der Waals surface area contributed by atoms with Crippen LogP contribution in [0.25, 0.3) is 0 Å². The Morgan fingerprint density at radius 3 is 3.05 bits per heavy atom. The topological polar surface area (TPSA) is 38.8 Å². The summed E-state index contributed by atoms with van der Waals surface area (Å²) in [5.41, 5.74) is 1.62. The van der Waals surface area contributed by atoms with Crippen molar-refractivity contribution in [3.8, 4) is 5.75 Å². The fourth-order valence-corrected chi connectivity index (χ4v) is 3.96. The van der Waals surface area contributed by atoms with E-state index in [9.17, 15) is 4.79 Å². The summed E-state index contributed by atoms with van der Waals surface area (Å²) in [5.74, 6) is 2.91. The molecule has 112 valence electrons. The van der Waals surface area contributed by atoms with Crippen LogP contribution in [-0.2, 0) is 11.3 Å². The summed E-state index contributed by atoms with van der Waals surface area (Å²) < 4.78 is 11.3. The van der Waals surface area contributed by atoms with Gasteiger partial charge in [-0.15, -0.1) is 0 Å². The quantitative estimate of drug-likeness (QED) is 0.800. The minimum Gasteiger partial charge on any atom is -0.489 e. The van der Waals surface area contributed by atoms with Gasteiger partial charge in [0.25, 0.3) is 0 Å². The number of esters is 1. The van der Waals surface area contributed by atoms with Crippen LogP contribution in [0, 0.1) is 17.8 Å². The SMILES string of the molecule is CCN1C[C@H](Oc2ccc3c(c2)COC3=O)C2[C@@H](C)[C@H]2C1. The second-order valence-electron chi connectivity index (χ2n) is 6.50. The van der Waals surface area contributed by atoms with Crippen molar-refractivity contribution >= 4 is 5.97 Å². The molecule has 0 radical (unpaired) electrons. The van der Waals surface area contributed by atoms with Crippen molar-refractivity contribution < 1.29 is 14.3 Å². The van der Waals surface area contributed by atoms with Crippen LogP contribution in [0.4, 0.5) is 0 Å². The Balaban J connectivity index is 1.52. The summed E-state index contributed by atoms with van der Waals surface area (Å²) in [7, 11) is 0. The first-order valence-electron chi connectivity index (χ1n) is 7.86. The van der Waals surface area contributed by atoms with Gasteiger partial charge in [-0.05, 0) is 36.6 Å². The molecule has 0 bridgehead atoms. The van der Waals surface area contributed by atoms with E-state index in [2.05, 4.69) is 18.7 Å². The van der Waals surface area contributed by atoms with Crippen LogP contribution in [0.5, 0.6) is 5.75 Å². The first kappa shape index (κ1) is 13.1. The highest BCUT2D eigenvalue weighted by molar-refractivity contribution is 5.93. The van der Waals surface area contributed by atoms with Crippen molar-refractivity contribution in [2.45, 2.75) is 26.6 Å². The van der Waals surface area contributed by atoms with Gasteiger partial charge in [-0.3, -0.25) is 4.90 Å². The van der Waals surface area contributed by atoms with E-state index in [1.807, 2.05) is 18.2 Å². The van der Waals surface area contributed by atoms with Crippen molar-refractivity contribution in [3.05, 3.63) is 29.3 Å². The van der Waals surface area contributed by atoms with Crippen molar-refractivity contribution in [1.82, 2.24) is 4.90 Å². The molecule has 4 rings (SSSR count). The molecule has 21 heavy (non-hydrogen) atoms. The molecular formula is C17H21NO3. The van der Waals surface area contributed by atoms with Crippen LogP contribution in [-0.4, -0.2) is 36.6 Å². The van der Waals surface area contributed by atoms with Crippen LogP contribution in [0.3, 0.4) is 0 Å². The molecule has 1 saturated carbocycles. The Morgan fingerprint density at radius 2 is 2.24 bits per heavy atom. The number of hydrogen-bond acceptors (Lipinski definition) is 4. The summed E-state index contributed by atoms with van der Waals surface area (Å²) in [6, 6.07) is 5.69. The molecule has 1 unspecified atom stereocenters. The minimum absolute atomic E-state index is 0.220. The smallest absolute Gasteiger partial charge is 0.338 e. The van der Waals surface area contributed by atoms with E-state index in [1.165, 1.54) is 6.54 Å². The van der Waals surface area contributed by atoms with Crippen molar-refractivity contribution in [2.75, 3.05) is 19.6 Å². The predicted octanol–water partition coefficient (Wildman–Crippen LogP) is 2.32. The molecule has 0 aromatic heterocycles. The monoisotopic (exact) mass is 287 g/mol. The number of fused-ring (bicyclic) bond motifs is 2. The highest BCUT2D eigenvalue weighted by Gasteiger charge is 2.55. The maximum atomic E-state index is 11.5. The normalized spacial score (nSPS) is 34.1. The number of cyclic esters (lactones) is 1. The van der Waals surface area contributed by atoms with Gasteiger partial charge in [0, 0.05) is 24.6 Å². The Kier molecular flexibility index (Phi) is 2.96. The fraction of sp³-hybridized carbons (Fsp3) is 0.588. The average molecular weight is 287 g/mol. The number of carbonyl (C=O) groups is 1. The largest absolute Gasteiger partial charge is 0.489 e. The van der Waals surface area contributed by atoms with Gasteiger partial charge in [-0.2, -0.15) is 0 Å². The van der Waals surface area contributed by atoms with E-state index in [-0.39, 0.29) is 12.1 Å². The summed E-state index contributed by atoms with van der Waals surface area (Å²) in [6.45, 7) is 8.23. The molecule has 0 amide bonds. The molecule has 4 nitrogen and oxygen atoms in total. The third-order valence-electron chi connectivity index (χ3n) is 5.36. The number of rotatable bonds is 3. The number of carbonyl (C=O) groups excluding carboxylic acids is 1. The minimum atomic E-state index is -0.220. The molecule has 0 N–H and O–H groups in total. The molecule has 4 heteroatoms.